The molecule has 10 heteroatoms. The highest BCUT2D eigenvalue weighted by Crippen LogP contribution is 2.26. The molecule has 3 rings (SSSR count). The van der Waals surface area contributed by atoms with Crippen molar-refractivity contribution < 1.29 is 31.1 Å². The number of hydrogen-bond donors (Lipinski definition) is 2. The van der Waals surface area contributed by atoms with Gasteiger partial charge in [0, 0.05) is 18.2 Å². The molecule has 1 aliphatic rings. The number of nitrogens with one attached hydrogen (secondary N) is 2. The predicted molar refractivity (Wildman–Crippen MR) is 101 cm³/mol. The largest absolute Gasteiger partial charge is 0.493 e. The van der Waals surface area contributed by atoms with Crippen LogP contribution in [0.3, 0.4) is 0 Å². The van der Waals surface area contributed by atoms with Gasteiger partial charge in [-0.2, -0.15) is 13.2 Å². The Morgan fingerprint density at radius 3 is 2.55 bits per heavy atom. The molecule has 2 aromatic carbocycles. The normalized spacial score (nSPS) is 13.9. The smallest absolute Gasteiger partial charge is 0.402 e. The van der Waals surface area contributed by atoms with Gasteiger partial charge in [0.15, 0.2) is 0 Å². The number of anilines is 1. The SMILES string of the molecule is O=C(C=Cc1ccc2c(c1)CCO2)Nc1ccc(S(=O)(=O)NCC(F)(F)F)cc1. The first kappa shape index (κ1) is 20.9. The maximum Gasteiger partial charge on any atom is 0.402 e. The van der Waals surface area contributed by atoms with Crippen LogP contribution in [0.4, 0.5) is 18.9 Å². The number of halogens is 3. The van der Waals surface area contributed by atoms with Crippen LogP contribution in [0.25, 0.3) is 6.08 Å². The summed E-state index contributed by atoms with van der Waals surface area (Å²) in [5, 5.41) is 2.55. The molecular formula is C19H17F3N2O4S. The Morgan fingerprint density at radius 1 is 1.14 bits per heavy atom. The molecule has 0 saturated carbocycles. The van der Waals surface area contributed by atoms with Crippen molar-refractivity contribution in [1.82, 2.24) is 4.72 Å². The van der Waals surface area contributed by atoms with Crippen LogP contribution in [-0.4, -0.2) is 33.7 Å². The Kier molecular flexibility index (Phi) is 5.94. The molecule has 6 nitrogen and oxygen atoms in total. The summed E-state index contributed by atoms with van der Waals surface area (Å²) < 4.78 is 67.1. The number of carbonyl (C=O) groups excluding carboxylic acids is 1. The molecule has 0 atom stereocenters. The van der Waals surface area contributed by atoms with Crippen LogP contribution < -0.4 is 14.8 Å². The van der Waals surface area contributed by atoms with Gasteiger partial charge in [-0.15, -0.1) is 0 Å². The first-order chi connectivity index (χ1) is 13.6. The van der Waals surface area contributed by atoms with Gasteiger partial charge in [-0.05, 0) is 53.6 Å². The monoisotopic (exact) mass is 426 g/mol. The molecule has 0 bridgehead atoms. The second kappa shape index (κ2) is 8.26. The molecule has 0 aliphatic carbocycles. The Hall–Kier alpha value is -2.85. The van der Waals surface area contributed by atoms with Gasteiger partial charge in [0.2, 0.25) is 15.9 Å². The third kappa shape index (κ3) is 5.81. The van der Waals surface area contributed by atoms with Crippen LogP contribution in [0.5, 0.6) is 5.75 Å². The van der Waals surface area contributed by atoms with Crippen molar-refractivity contribution in [1.29, 1.82) is 0 Å². The van der Waals surface area contributed by atoms with E-state index in [1.54, 1.807) is 6.08 Å². The van der Waals surface area contributed by atoms with Crippen molar-refractivity contribution >= 4 is 27.7 Å². The van der Waals surface area contributed by atoms with Crippen molar-refractivity contribution in [3.63, 3.8) is 0 Å². The number of fused-ring (bicyclic) bond motifs is 1. The molecule has 0 unspecified atom stereocenters. The van der Waals surface area contributed by atoms with Crippen LogP contribution in [0.1, 0.15) is 11.1 Å². The average Bonchev–Trinajstić information content (AvgIpc) is 3.13. The van der Waals surface area contributed by atoms with E-state index in [4.69, 9.17) is 4.74 Å². The number of carbonyl (C=O) groups is 1. The number of ether oxygens (including phenoxy) is 1. The summed E-state index contributed by atoms with van der Waals surface area (Å²) in [5.74, 6) is 0.402. The Morgan fingerprint density at radius 2 is 1.86 bits per heavy atom. The molecule has 0 radical (unpaired) electrons. The lowest BCUT2D eigenvalue weighted by Crippen LogP contribution is -2.33. The van der Waals surface area contributed by atoms with Gasteiger partial charge in [-0.3, -0.25) is 4.79 Å². The van der Waals surface area contributed by atoms with Crippen LogP contribution in [0.2, 0.25) is 0 Å². The molecule has 154 valence electrons. The fraction of sp³-hybridized carbons (Fsp3) is 0.211. The zero-order chi connectivity index (χ0) is 21.1. The van der Waals surface area contributed by atoms with Gasteiger partial charge in [0.25, 0.3) is 0 Å². The average molecular weight is 426 g/mol. The molecule has 0 aromatic heterocycles. The number of amides is 1. The lowest BCUT2D eigenvalue weighted by molar-refractivity contribution is -0.121. The summed E-state index contributed by atoms with van der Waals surface area (Å²) in [5.41, 5.74) is 2.21. The first-order valence-corrected chi connectivity index (χ1v) is 10.0. The third-order valence-electron chi connectivity index (χ3n) is 4.04. The molecule has 1 aliphatic heterocycles. The minimum absolute atomic E-state index is 0.303. The second-order valence-electron chi connectivity index (χ2n) is 6.25. The van der Waals surface area contributed by atoms with Gasteiger partial charge >= 0.3 is 6.18 Å². The van der Waals surface area contributed by atoms with Crippen LogP contribution in [0, 0.1) is 0 Å². The zero-order valence-corrected chi connectivity index (χ0v) is 15.8. The molecule has 29 heavy (non-hydrogen) atoms. The van der Waals surface area contributed by atoms with Gasteiger partial charge in [-0.25, -0.2) is 13.1 Å². The summed E-state index contributed by atoms with van der Waals surface area (Å²) in [4.78, 5) is 11.7. The fourth-order valence-corrected chi connectivity index (χ4v) is 3.66. The van der Waals surface area contributed by atoms with E-state index in [9.17, 15) is 26.4 Å². The van der Waals surface area contributed by atoms with Crippen LogP contribution in [-0.2, 0) is 21.2 Å². The molecule has 1 amide bonds. The van der Waals surface area contributed by atoms with Crippen molar-refractivity contribution in [3.8, 4) is 5.75 Å². The number of hydrogen-bond acceptors (Lipinski definition) is 4. The quantitative estimate of drug-likeness (QED) is 0.696. The maximum absolute atomic E-state index is 12.2. The highest BCUT2D eigenvalue weighted by molar-refractivity contribution is 7.89. The van der Waals surface area contributed by atoms with Gasteiger partial charge in [0.1, 0.15) is 12.3 Å². The minimum atomic E-state index is -4.65. The highest BCUT2D eigenvalue weighted by atomic mass is 32.2. The topological polar surface area (TPSA) is 84.5 Å². The van der Waals surface area contributed by atoms with Crippen molar-refractivity contribution in [2.75, 3.05) is 18.5 Å². The van der Waals surface area contributed by atoms with E-state index in [2.05, 4.69) is 5.32 Å². The lowest BCUT2D eigenvalue weighted by Gasteiger charge is -2.10. The molecule has 0 fully saturated rings. The summed E-state index contributed by atoms with van der Waals surface area (Å²) in [6, 6.07) is 10.4. The molecule has 2 N–H and O–H groups in total. The van der Waals surface area contributed by atoms with Crippen molar-refractivity contribution in [3.05, 3.63) is 59.7 Å². The summed E-state index contributed by atoms with van der Waals surface area (Å²) in [6.07, 6.45) is -0.879. The van der Waals surface area contributed by atoms with E-state index in [0.29, 0.717) is 12.3 Å². The van der Waals surface area contributed by atoms with Crippen molar-refractivity contribution in [2.45, 2.75) is 17.5 Å². The van der Waals surface area contributed by atoms with Gasteiger partial charge < -0.3 is 10.1 Å². The third-order valence-corrected chi connectivity index (χ3v) is 5.45. The van der Waals surface area contributed by atoms with Crippen molar-refractivity contribution in [2.24, 2.45) is 0 Å². The van der Waals surface area contributed by atoms with Crippen LogP contribution in [0.15, 0.2) is 53.4 Å². The molecule has 0 spiro atoms. The number of alkyl halides is 3. The summed E-state index contributed by atoms with van der Waals surface area (Å²) in [7, 11) is -4.30. The summed E-state index contributed by atoms with van der Waals surface area (Å²) in [6.45, 7) is -1.02. The van der Waals surface area contributed by atoms with Crippen LogP contribution >= 0.6 is 0 Å². The van der Waals surface area contributed by atoms with E-state index in [-0.39, 0.29) is 4.90 Å². The molecule has 1 heterocycles. The number of sulfonamides is 1. The highest BCUT2D eigenvalue weighted by Gasteiger charge is 2.30. The Labute approximate surface area is 165 Å². The van der Waals surface area contributed by atoms with Gasteiger partial charge in [0.05, 0.1) is 11.5 Å². The zero-order valence-electron chi connectivity index (χ0n) is 15.0. The second-order valence-corrected chi connectivity index (χ2v) is 8.02. The predicted octanol–water partition coefficient (Wildman–Crippen LogP) is 3.11. The Bertz CT molecular complexity index is 1030. The molecular weight excluding hydrogens is 409 g/mol. The van der Waals surface area contributed by atoms with E-state index in [0.717, 1.165) is 35.4 Å². The van der Waals surface area contributed by atoms with E-state index in [1.165, 1.54) is 22.9 Å². The van der Waals surface area contributed by atoms with E-state index in [1.807, 2.05) is 18.2 Å². The number of benzene rings is 2. The van der Waals surface area contributed by atoms with Gasteiger partial charge in [-0.1, -0.05) is 6.07 Å². The molecule has 0 saturated heterocycles. The minimum Gasteiger partial charge on any atom is -0.493 e. The number of rotatable bonds is 6. The summed E-state index contributed by atoms with van der Waals surface area (Å²) >= 11 is 0. The van der Waals surface area contributed by atoms with E-state index >= 15 is 0 Å². The maximum atomic E-state index is 12.2. The first-order valence-electron chi connectivity index (χ1n) is 8.54. The van der Waals surface area contributed by atoms with E-state index < -0.39 is 28.7 Å². The fourth-order valence-electron chi connectivity index (χ4n) is 2.64. The lowest BCUT2D eigenvalue weighted by atomic mass is 10.1. The Balaban J connectivity index is 1.60. The standard InChI is InChI=1S/C19H17F3N2O4S/c20-19(21,22)12-23-29(26,27)16-5-3-15(4-6-16)24-18(25)8-2-13-1-7-17-14(11-13)9-10-28-17/h1-8,11,23H,9-10,12H2,(H,24,25). The molecule has 2 aromatic rings.